The Morgan fingerprint density at radius 2 is 2.38 bits per heavy atom. The second kappa shape index (κ2) is 5.72. The summed E-state index contributed by atoms with van der Waals surface area (Å²) in [6.45, 7) is 0.677. The van der Waals surface area contributed by atoms with Gasteiger partial charge in [-0.25, -0.2) is 4.98 Å². The normalized spacial score (nSPS) is 14.1. The molecule has 0 aromatic carbocycles. The molecule has 3 rings (SSSR count). The van der Waals surface area contributed by atoms with E-state index in [9.17, 15) is 4.79 Å². The summed E-state index contributed by atoms with van der Waals surface area (Å²) in [5, 5.41) is 6.90. The fourth-order valence-electron chi connectivity index (χ4n) is 2.05. The quantitative estimate of drug-likeness (QED) is 0.740. The maximum absolute atomic E-state index is 12.2. The van der Waals surface area contributed by atoms with Crippen molar-refractivity contribution in [3.8, 4) is 0 Å². The third-order valence-electron chi connectivity index (χ3n) is 3.41. The Labute approximate surface area is 126 Å². The predicted octanol–water partition coefficient (Wildman–Crippen LogP) is 1.01. The van der Waals surface area contributed by atoms with Gasteiger partial charge in [0, 0.05) is 38.4 Å². The number of aryl methyl sites for hydroxylation is 1. The van der Waals surface area contributed by atoms with Crippen LogP contribution in [0.3, 0.4) is 0 Å². The van der Waals surface area contributed by atoms with Gasteiger partial charge in [0.1, 0.15) is 16.4 Å². The maximum atomic E-state index is 12.2. The number of nitrogens with two attached hydrogens (primary N) is 1. The van der Waals surface area contributed by atoms with E-state index in [1.807, 2.05) is 17.8 Å². The number of hydrogen-bond donors (Lipinski definition) is 3. The Morgan fingerprint density at radius 1 is 1.57 bits per heavy atom. The molecule has 1 aliphatic carbocycles. The summed E-state index contributed by atoms with van der Waals surface area (Å²) in [5.41, 5.74) is 6.28. The van der Waals surface area contributed by atoms with Gasteiger partial charge < -0.3 is 20.9 Å². The van der Waals surface area contributed by atoms with E-state index in [2.05, 4.69) is 20.0 Å². The molecule has 0 aliphatic heterocycles. The number of nitrogens with one attached hydrogen (secondary N) is 2. The molecule has 2 aromatic rings. The highest BCUT2D eigenvalue weighted by Gasteiger charge is 2.27. The highest BCUT2D eigenvalue weighted by molar-refractivity contribution is 7.11. The molecule has 2 aromatic heterocycles. The molecule has 1 aliphatic rings. The summed E-state index contributed by atoms with van der Waals surface area (Å²) in [7, 11) is 1.96. The van der Waals surface area contributed by atoms with E-state index in [1.54, 1.807) is 6.20 Å². The van der Waals surface area contributed by atoms with Gasteiger partial charge in [-0.1, -0.05) is 0 Å². The van der Waals surface area contributed by atoms with Crippen molar-refractivity contribution in [1.82, 2.24) is 19.2 Å². The minimum atomic E-state index is -0.136. The van der Waals surface area contributed by atoms with Crippen molar-refractivity contribution >= 4 is 28.3 Å². The molecule has 7 nitrogen and oxygen atoms in total. The van der Waals surface area contributed by atoms with Gasteiger partial charge >= 0.3 is 0 Å². The zero-order valence-corrected chi connectivity index (χ0v) is 12.6. The molecule has 0 unspecified atom stereocenters. The number of imidazole rings is 1. The summed E-state index contributed by atoms with van der Waals surface area (Å²) < 4.78 is 6.05. The van der Waals surface area contributed by atoms with Gasteiger partial charge in [0.15, 0.2) is 5.82 Å². The largest absolute Gasteiger partial charge is 0.382 e. The Bertz CT molecular complexity index is 645. The zero-order valence-electron chi connectivity index (χ0n) is 11.8. The lowest BCUT2D eigenvalue weighted by Crippen LogP contribution is -2.26. The van der Waals surface area contributed by atoms with Crippen molar-refractivity contribution in [2.75, 3.05) is 17.6 Å². The van der Waals surface area contributed by atoms with Crippen molar-refractivity contribution in [2.24, 2.45) is 7.05 Å². The van der Waals surface area contributed by atoms with Crippen LogP contribution in [0.1, 0.15) is 29.0 Å². The molecule has 0 spiro atoms. The number of aromatic nitrogens is 3. The molecule has 0 saturated heterocycles. The van der Waals surface area contributed by atoms with Gasteiger partial charge in [-0.3, -0.25) is 4.79 Å². The third-order valence-corrected chi connectivity index (χ3v) is 4.23. The van der Waals surface area contributed by atoms with Crippen LogP contribution in [0.5, 0.6) is 0 Å². The lowest BCUT2D eigenvalue weighted by molar-refractivity contribution is 0.0953. The fraction of sp³-hybridized carbons (Fsp3) is 0.462. The number of hydrogen-bond acceptors (Lipinski definition) is 6. The zero-order chi connectivity index (χ0) is 14.8. The monoisotopic (exact) mass is 306 g/mol. The topological polar surface area (TPSA) is 97.9 Å². The number of anilines is 2. The molecular weight excluding hydrogens is 288 g/mol. The first-order valence-electron chi connectivity index (χ1n) is 6.91. The van der Waals surface area contributed by atoms with Crippen LogP contribution in [0.25, 0.3) is 0 Å². The van der Waals surface area contributed by atoms with E-state index in [-0.39, 0.29) is 11.7 Å². The first-order chi connectivity index (χ1) is 10.1. The van der Waals surface area contributed by atoms with Crippen LogP contribution in [0.4, 0.5) is 10.8 Å². The van der Waals surface area contributed by atoms with Crippen molar-refractivity contribution in [2.45, 2.75) is 25.3 Å². The number of carbonyl (C=O) groups is 1. The van der Waals surface area contributed by atoms with Crippen LogP contribution in [0, 0.1) is 0 Å². The molecule has 1 saturated carbocycles. The summed E-state index contributed by atoms with van der Waals surface area (Å²) in [6.07, 6.45) is 6.55. The predicted molar refractivity (Wildman–Crippen MR) is 82.4 cm³/mol. The van der Waals surface area contributed by atoms with Crippen molar-refractivity contribution < 1.29 is 4.79 Å². The molecule has 0 radical (unpaired) electrons. The van der Waals surface area contributed by atoms with E-state index in [4.69, 9.17) is 5.73 Å². The SMILES string of the molecule is Cn1ccnc1CCNc1snc(N)c1C(=O)NC1CC1. The van der Waals surface area contributed by atoms with Crippen LogP contribution in [-0.2, 0) is 13.5 Å². The standard InChI is InChI=1S/C13H18N6OS/c1-19-7-6-15-9(19)4-5-16-13-10(11(14)18-21-13)12(20)17-8-2-3-8/h6-8,16H,2-5H2,1H3,(H2,14,18)(H,17,20). The summed E-state index contributed by atoms with van der Waals surface area (Å²) >= 11 is 1.22. The Balaban J connectivity index is 1.62. The molecule has 0 atom stereocenters. The van der Waals surface area contributed by atoms with Crippen molar-refractivity contribution in [3.05, 3.63) is 23.8 Å². The third kappa shape index (κ3) is 3.15. The molecule has 1 amide bonds. The van der Waals surface area contributed by atoms with E-state index < -0.39 is 0 Å². The second-order valence-corrected chi connectivity index (χ2v) is 5.92. The highest BCUT2D eigenvalue weighted by atomic mass is 32.1. The number of amides is 1. The molecular formula is C13H18N6OS. The number of nitrogen functional groups attached to an aromatic ring is 1. The molecule has 1 fully saturated rings. The molecule has 4 N–H and O–H groups in total. The summed E-state index contributed by atoms with van der Waals surface area (Å²) in [4.78, 5) is 16.4. The van der Waals surface area contributed by atoms with Gasteiger partial charge in [0.25, 0.3) is 5.91 Å². The van der Waals surface area contributed by atoms with E-state index in [1.165, 1.54) is 11.5 Å². The Kier molecular flexibility index (Phi) is 3.78. The van der Waals surface area contributed by atoms with E-state index in [0.717, 1.165) is 30.1 Å². The number of nitrogens with zero attached hydrogens (tertiary/aromatic N) is 3. The summed E-state index contributed by atoms with van der Waals surface area (Å²) in [5.74, 6) is 1.14. The minimum absolute atomic E-state index is 0.136. The van der Waals surface area contributed by atoms with Crippen LogP contribution >= 0.6 is 11.5 Å². The minimum Gasteiger partial charge on any atom is -0.382 e. The van der Waals surface area contributed by atoms with Crippen molar-refractivity contribution in [3.63, 3.8) is 0 Å². The molecule has 112 valence electrons. The highest BCUT2D eigenvalue weighted by Crippen LogP contribution is 2.28. The van der Waals surface area contributed by atoms with Gasteiger partial charge in [-0.2, -0.15) is 4.37 Å². The van der Waals surface area contributed by atoms with Gasteiger partial charge in [0.05, 0.1) is 0 Å². The average molecular weight is 306 g/mol. The van der Waals surface area contributed by atoms with Gasteiger partial charge in [-0.15, -0.1) is 0 Å². The fourth-order valence-corrected chi connectivity index (χ4v) is 2.79. The van der Waals surface area contributed by atoms with Gasteiger partial charge in [-0.05, 0) is 24.4 Å². The van der Waals surface area contributed by atoms with Gasteiger partial charge in [0.2, 0.25) is 0 Å². The Hall–Kier alpha value is -2.09. The van der Waals surface area contributed by atoms with E-state index >= 15 is 0 Å². The first kappa shape index (κ1) is 13.9. The first-order valence-corrected chi connectivity index (χ1v) is 7.68. The second-order valence-electron chi connectivity index (χ2n) is 5.15. The van der Waals surface area contributed by atoms with Crippen LogP contribution in [0.2, 0.25) is 0 Å². The van der Waals surface area contributed by atoms with Crippen LogP contribution in [-0.4, -0.2) is 32.4 Å². The summed E-state index contributed by atoms with van der Waals surface area (Å²) in [6, 6.07) is 0.303. The number of rotatable bonds is 6. The molecule has 8 heteroatoms. The molecule has 2 heterocycles. The lowest BCUT2D eigenvalue weighted by Gasteiger charge is -2.07. The number of carbonyl (C=O) groups excluding carboxylic acids is 1. The molecule has 0 bridgehead atoms. The Morgan fingerprint density at radius 3 is 3.05 bits per heavy atom. The van der Waals surface area contributed by atoms with Crippen LogP contribution in [0.15, 0.2) is 12.4 Å². The maximum Gasteiger partial charge on any atom is 0.258 e. The van der Waals surface area contributed by atoms with Crippen molar-refractivity contribution in [1.29, 1.82) is 0 Å². The lowest BCUT2D eigenvalue weighted by atomic mass is 10.2. The smallest absolute Gasteiger partial charge is 0.258 e. The van der Waals surface area contributed by atoms with E-state index in [0.29, 0.717) is 18.2 Å². The van der Waals surface area contributed by atoms with Crippen LogP contribution < -0.4 is 16.4 Å². The average Bonchev–Trinajstić information content (AvgIpc) is 3.05. The molecule has 21 heavy (non-hydrogen) atoms.